The van der Waals surface area contributed by atoms with Crippen molar-refractivity contribution in [2.45, 2.75) is 115 Å². The number of anilines is 3. The van der Waals surface area contributed by atoms with Gasteiger partial charge in [-0.2, -0.15) is 23.3 Å². The molecule has 1 saturated carbocycles. The van der Waals surface area contributed by atoms with Gasteiger partial charge in [-0.3, -0.25) is 9.67 Å². The van der Waals surface area contributed by atoms with Crippen LogP contribution in [-0.2, 0) is 42.7 Å². The van der Waals surface area contributed by atoms with E-state index in [2.05, 4.69) is 177 Å². The molecule has 1 fully saturated rings. The molecule has 3 heterocycles. The summed E-state index contributed by atoms with van der Waals surface area (Å²) in [7, 11) is 0. The van der Waals surface area contributed by atoms with Gasteiger partial charge in [0.2, 0.25) is 0 Å². The summed E-state index contributed by atoms with van der Waals surface area (Å²) in [5.74, 6) is 2.48. The number of benzene rings is 5. The average molecular weight is 996 g/mol. The molecule has 0 N–H and O–H groups in total. The monoisotopic (exact) mass is 995 g/mol. The van der Waals surface area contributed by atoms with E-state index in [4.69, 9.17) is 14.8 Å². The molecule has 1 aliphatic heterocycles. The van der Waals surface area contributed by atoms with E-state index in [1.165, 1.54) is 47.2 Å². The zero-order valence-electron chi connectivity index (χ0n) is 37.4. The van der Waals surface area contributed by atoms with Gasteiger partial charge in [-0.05, 0) is 117 Å². The van der Waals surface area contributed by atoms with Crippen LogP contribution in [0.3, 0.4) is 0 Å². The summed E-state index contributed by atoms with van der Waals surface area (Å²) >= 11 is 0. The summed E-state index contributed by atoms with van der Waals surface area (Å²) < 4.78 is 8.76. The smallest absolute Gasteiger partial charge is 0.509 e. The third-order valence-corrected chi connectivity index (χ3v) is 13.5. The van der Waals surface area contributed by atoms with Gasteiger partial charge in [0.1, 0.15) is 0 Å². The standard InChI is InChI=1S/C56H56N4O.Pt/c1-53(2,3)38-21-25-42(26-22-38)60-49-27-23-39(54(4,5)6)32-47(49)56(51-18-10-11-29-57-51,48-33-40(55(7,8)9)24-28-50(48)60)41-14-12-16-44(31-41)61-45-17-13-15-43(34-45)59-35-46-36-19-20-37(30-36)52(46)58-59;/h10-18,21-29,32-33,35-37H,19-20,30H2,1-9H3;/q-2;+2/t36-,37+;/m0./s1. The minimum atomic E-state index is -0.865. The number of rotatable bonds is 6. The predicted molar refractivity (Wildman–Crippen MR) is 248 cm³/mol. The van der Waals surface area contributed by atoms with E-state index in [0.29, 0.717) is 23.3 Å². The summed E-state index contributed by atoms with van der Waals surface area (Å²) in [5.41, 5.74) is 13.8. The fraction of sp³-hybridized carbons (Fsp3) is 0.321. The largest absolute Gasteiger partial charge is 2.00 e. The van der Waals surface area contributed by atoms with E-state index < -0.39 is 5.41 Å². The molecule has 2 atom stereocenters. The van der Waals surface area contributed by atoms with E-state index in [0.717, 1.165) is 45.1 Å². The summed E-state index contributed by atoms with van der Waals surface area (Å²) in [6.07, 6.45) is 7.92. The molecule has 5 aromatic carbocycles. The number of hydrogen-bond acceptors (Lipinski definition) is 4. The summed E-state index contributed by atoms with van der Waals surface area (Å²) in [6, 6.07) is 49.3. The van der Waals surface area contributed by atoms with Gasteiger partial charge >= 0.3 is 21.1 Å². The number of aromatic nitrogens is 3. The van der Waals surface area contributed by atoms with Crippen LogP contribution >= 0.6 is 0 Å². The molecule has 0 saturated heterocycles. The summed E-state index contributed by atoms with van der Waals surface area (Å²) in [4.78, 5) is 7.72. The van der Waals surface area contributed by atoms with Crippen molar-refractivity contribution in [3.8, 4) is 17.2 Å². The van der Waals surface area contributed by atoms with Gasteiger partial charge in [0.15, 0.2) is 0 Å². The van der Waals surface area contributed by atoms with Crippen LogP contribution < -0.4 is 9.64 Å². The Hall–Kier alpha value is -5.25. The Kier molecular flexibility index (Phi) is 10.3. The minimum absolute atomic E-state index is 0. The van der Waals surface area contributed by atoms with Gasteiger partial charge < -0.3 is 9.64 Å². The van der Waals surface area contributed by atoms with Crippen LogP contribution in [0.25, 0.3) is 5.69 Å². The van der Waals surface area contributed by atoms with Crippen molar-refractivity contribution < 1.29 is 25.8 Å². The van der Waals surface area contributed by atoms with Crippen LogP contribution in [0.2, 0.25) is 0 Å². The van der Waals surface area contributed by atoms with Gasteiger partial charge in [-0.25, -0.2) is 0 Å². The Balaban J connectivity index is 0.00000490. The third-order valence-electron chi connectivity index (χ3n) is 13.5. The molecular weight excluding hydrogens is 940 g/mol. The third kappa shape index (κ3) is 7.05. The van der Waals surface area contributed by atoms with Gasteiger partial charge in [0.25, 0.3) is 0 Å². The Bertz CT molecular complexity index is 2690. The van der Waals surface area contributed by atoms with E-state index in [9.17, 15) is 0 Å². The predicted octanol–water partition coefficient (Wildman–Crippen LogP) is 14.1. The van der Waals surface area contributed by atoms with Crippen LogP contribution in [0, 0.1) is 12.1 Å². The van der Waals surface area contributed by atoms with E-state index >= 15 is 0 Å². The quantitative estimate of drug-likeness (QED) is 0.156. The van der Waals surface area contributed by atoms with Crippen molar-refractivity contribution in [1.29, 1.82) is 0 Å². The fourth-order valence-electron chi connectivity index (χ4n) is 10.1. The molecular formula is C56H56N4OPt. The molecule has 0 unspecified atom stereocenters. The molecule has 62 heavy (non-hydrogen) atoms. The van der Waals surface area contributed by atoms with Crippen molar-refractivity contribution in [1.82, 2.24) is 14.8 Å². The minimum Gasteiger partial charge on any atom is -0.509 e. The maximum Gasteiger partial charge on any atom is 2.00 e. The molecule has 2 bridgehead atoms. The van der Waals surface area contributed by atoms with Crippen LogP contribution in [0.4, 0.5) is 17.1 Å². The number of nitrogens with zero attached hydrogens (tertiary/aromatic N) is 4. The molecule has 0 amide bonds. The molecule has 10 rings (SSSR count). The number of hydrogen-bond donors (Lipinski definition) is 0. The molecule has 0 radical (unpaired) electrons. The van der Waals surface area contributed by atoms with Crippen molar-refractivity contribution in [2.24, 2.45) is 0 Å². The normalized spacial score (nSPS) is 17.5. The second kappa shape index (κ2) is 15.2. The van der Waals surface area contributed by atoms with E-state index in [1.807, 2.05) is 35.1 Å². The zero-order chi connectivity index (χ0) is 42.5. The van der Waals surface area contributed by atoms with Crippen LogP contribution in [0.15, 0.2) is 128 Å². The molecule has 2 aliphatic carbocycles. The first kappa shape index (κ1) is 42.1. The SMILES string of the molecule is CC(C)(C)c1ccc(N2c3ccc(C(C)(C)C)cc3C(c3[c-]c(Oc4[c-]c(-n5cc6c(n5)[C@@H]5CC[C@H]6C5)ccc4)ccc3)(c3ccccn3)c3cc(C(C)(C)C)ccc32)cc1.[Pt+2]. The number of ether oxygens (including phenoxy) is 1. The van der Waals surface area contributed by atoms with Gasteiger partial charge in [-0.15, -0.1) is 35.9 Å². The van der Waals surface area contributed by atoms with Crippen molar-refractivity contribution >= 4 is 17.1 Å². The number of pyridine rings is 1. The second-order valence-electron chi connectivity index (χ2n) is 20.6. The zero-order valence-corrected chi connectivity index (χ0v) is 39.7. The first-order valence-corrected chi connectivity index (χ1v) is 22.0. The van der Waals surface area contributed by atoms with Crippen molar-refractivity contribution in [3.05, 3.63) is 190 Å². The van der Waals surface area contributed by atoms with Gasteiger partial charge in [0.05, 0.1) is 28.2 Å². The fourth-order valence-corrected chi connectivity index (χ4v) is 10.1. The molecule has 0 spiro atoms. The maximum atomic E-state index is 6.76. The van der Waals surface area contributed by atoms with Crippen LogP contribution in [-0.4, -0.2) is 14.8 Å². The average Bonchev–Trinajstić information content (AvgIpc) is 3.98. The summed E-state index contributed by atoms with van der Waals surface area (Å²) in [5, 5.41) is 5.05. The number of fused-ring (bicyclic) bond motifs is 7. The molecule has 3 aliphatic rings. The van der Waals surface area contributed by atoms with Crippen molar-refractivity contribution in [3.63, 3.8) is 0 Å². The second-order valence-corrected chi connectivity index (χ2v) is 20.6. The Labute approximate surface area is 382 Å². The molecule has 6 heteroatoms. The first-order valence-electron chi connectivity index (χ1n) is 22.0. The van der Waals surface area contributed by atoms with Crippen LogP contribution in [0.1, 0.15) is 144 Å². The van der Waals surface area contributed by atoms with Crippen molar-refractivity contribution in [2.75, 3.05) is 4.90 Å². The van der Waals surface area contributed by atoms with Crippen LogP contribution in [0.5, 0.6) is 11.5 Å². The van der Waals surface area contributed by atoms with Gasteiger partial charge in [0, 0.05) is 35.5 Å². The maximum absolute atomic E-state index is 6.76. The van der Waals surface area contributed by atoms with E-state index in [1.54, 1.807) is 0 Å². The topological polar surface area (TPSA) is 43.2 Å². The molecule has 2 aromatic heterocycles. The first-order chi connectivity index (χ1) is 29.1. The molecule has 5 nitrogen and oxygen atoms in total. The molecule has 316 valence electrons. The Morgan fingerprint density at radius 2 is 1.23 bits per heavy atom. The Morgan fingerprint density at radius 3 is 1.82 bits per heavy atom. The Morgan fingerprint density at radius 1 is 0.629 bits per heavy atom. The molecule has 7 aromatic rings. The van der Waals surface area contributed by atoms with E-state index in [-0.39, 0.29) is 37.3 Å². The summed E-state index contributed by atoms with van der Waals surface area (Å²) in [6.45, 7) is 20.6. The van der Waals surface area contributed by atoms with Gasteiger partial charge in [-0.1, -0.05) is 105 Å².